The molecule has 1 rings (SSSR count). The minimum Gasteiger partial charge on any atom is -0.392 e. The second-order valence-corrected chi connectivity index (χ2v) is 2.25. The summed E-state index contributed by atoms with van der Waals surface area (Å²) in [5, 5.41) is 8.39. The Bertz CT molecular complexity index is 295. The highest BCUT2D eigenvalue weighted by atomic mass is 19.1. The van der Waals surface area contributed by atoms with Crippen LogP contribution < -0.4 is 0 Å². The molecular weight excluding hydrogens is 162 g/mol. The molecule has 1 nitrogen and oxygen atoms in total. The molecule has 1 aromatic carbocycles. The maximum absolute atomic E-state index is 12.8. The van der Waals surface area contributed by atoms with Crippen molar-refractivity contribution in [1.29, 1.82) is 0 Å². The van der Waals surface area contributed by atoms with E-state index < -0.39 is 11.6 Å². The molecule has 0 unspecified atom stereocenters. The Morgan fingerprint density at radius 2 is 2.08 bits per heavy atom. The monoisotopic (exact) mass is 170 g/mol. The first-order chi connectivity index (χ1) is 5.74. The van der Waals surface area contributed by atoms with E-state index in [-0.39, 0.29) is 12.2 Å². The molecule has 0 aliphatic heterocycles. The number of hydrogen-bond acceptors (Lipinski definition) is 1. The number of aliphatic hydroxyl groups is 1. The van der Waals surface area contributed by atoms with E-state index in [1.807, 2.05) is 0 Å². The van der Waals surface area contributed by atoms with Crippen molar-refractivity contribution in [2.75, 3.05) is 6.61 Å². The Hall–Kier alpha value is -1.22. The summed E-state index contributed by atoms with van der Waals surface area (Å²) in [6, 6.07) is 3.29. The van der Waals surface area contributed by atoms with Crippen LogP contribution in [0.2, 0.25) is 0 Å². The Balaban J connectivity index is 2.94. The standard InChI is InChI=1S/C9H8F2O/c10-8-4-3-7(2-1-5-12)9(11)6-8/h1-4,6,12H,5H2. The molecule has 0 saturated carbocycles. The number of benzene rings is 1. The molecule has 1 N–H and O–H groups in total. The van der Waals surface area contributed by atoms with E-state index >= 15 is 0 Å². The molecule has 0 spiro atoms. The topological polar surface area (TPSA) is 20.2 Å². The molecule has 0 aliphatic rings. The molecule has 12 heavy (non-hydrogen) atoms. The number of halogens is 2. The Kier molecular flexibility index (Phi) is 2.94. The molecule has 0 amide bonds. The summed E-state index contributed by atoms with van der Waals surface area (Å²) in [7, 11) is 0. The third-order valence-corrected chi connectivity index (χ3v) is 1.37. The summed E-state index contributed by atoms with van der Waals surface area (Å²) < 4.78 is 25.2. The van der Waals surface area contributed by atoms with Gasteiger partial charge in [-0.05, 0) is 12.1 Å². The highest BCUT2D eigenvalue weighted by molar-refractivity contribution is 5.49. The fourth-order valence-electron chi connectivity index (χ4n) is 0.816. The van der Waals surface area contributed by atoms with Crippen LogP contribution in [0.25, 0.3) is 6.08 Å². The van der Waals surface area contributed by atoms with E-state index in [0.717, 1.165) is 6.07 Å². The van der Waals surface area contributed by atoms with Gasteiger partial charge in [-0.25, -0.2) is 8.78 Å². The van der Waals surface area contributed by atoms with Crippen LogP contribution in [0.5, 0.6) is 0 Å². The Labute approximate surface area is 69.0 Å². The number of aliphatic hydroxyl groups excluding tert-OH is 1. The van der Waals surface area contributed by atoms with E-state index in [1.165, 1.54) is 24.3 Å². The van der Waals surface area contributed by atoms with Gasteiger partial charge in [0.1, 0.15) is 11.6 Å². The average Bonchev–Trinajstić information content (AvgIpc) is 2.03. The zero-order chi connectivity index (χ0) is 8.97. The van der Waals surface area contributed by atoms with Crippen molar-refractivity contribution in [3.8, 4) is 0 Å². The lowest BCUT2D eigenvalue weighted by atomic mass is 10.2. The first-order valence-corrected chi connectivity index (χ1v) is 3.46. The smallest absolute Gasteiger partial charge is 0.133 e. The lowest BCUT2D eigenvalue weighted by Gasteiger charge is -1.95. The minimum absolute atomic E-state index is 0.156. The zero-order valence-electron chi connectivity index (χ0n) is 6.30. The molecule has 0 saturated heterocycles. The van der Waals surface area contributed by atoms with E-state index in [2.05, 4.69) is 0 Å². The third kappa shape index (κ3) is 2.13. The van der Waals surface area contributed by atoms with Crippen LogP contribution in [0.1, 0.15) is 5.56 Å². The summed E-state index contributed by atoms with van der Waals surface area (Å²) in [5.41, 5.74) is 0.269. The highest BCUT2D eigenvalue weighted by Crippen LogP contribution is 2.10. The lowest BCUT2D eigenvalue weighted by Crippen LogP contribution is -1.84. The van der Waals surface area contributed by atoms with E-state index in [1.54, 1.807) is 0 Å². The molecule has 0 radical (unpaired) electrons. The summed E-state index contributed by atoms with van der Waals surface area (Å²) in [6.07, 6.45) is 2.78. The first-order valence-electron chi connectivity index (χ1n) is 3.46. The van der Waals surface area contributed by atoms with Gasteiger partial charge in [0.15, 0.2) is 0 Å². The third-order valence-electron chi connectivity index (χ3n) is 1.37. The molecule has 64 valence electrons. The maximum Gasteiger partial charge on any atom is 0.133 e. The van der Waals surface area contributed by atoms with Gasteiger partial charge in [0, 0.05) is 11.6 Å². The summed E-state index contributed by atoms with van der Waals surface area (Å²) in [6.45, 7) is -0.156. The summed E-state index contributed by atoms with van der Waals surface area (Å²) in [4.78, 5) is 0. The predicted octanol–water partition coefficient (Wildman–Crippen LogP) is 1.97. The molecule has 0 aliphatic carbocycles. The Morgan fingerprint density at radius 3 is 2.67 bits per heavy atom. The molecular formula is C9H8F2O. The van der Waals surface area contributed by atoms with Crippen LogP contribution in [0.3, 0.4) is 0 Å². The highest BCUT2D eigenvalue weighted by Gasteiger charge is 1.98. The SMILES string of the molecule is OCC=Cc1ccc(F)cc1F. The molecule has 0 fully saturated rings. The number of hydrogen-bond donors (Lipinski definition) is 1. The average molecular weight is 170 g/mol. The normalized spacial score (nSPS) is 10.9. The largest absolute Gasteiger partial charge is 0.392 e. The molecule has 3 heteroatoms. The van der Waals surface area contributed by atoms with Gasteiger partial charge in [0.25, 0.3) is 0 Å². The van der Waals surface area contributed by atoms with Gasteiger partial charge in [-0.2, -0.15) is 0 Å². The summed E-state index contributed by atoms with van der Waals surface area (Å²) in [5.74, 6) is -1.23. The van der Waals surface area contributed by atoms with E-state index in [4.69, 9.17) is 5.11 Å². The molecule has 0 bridgehead atoms. The van der Waals surface area contributed by atoms with Crippen molar-refractivity contribution in [3.63, 3.8) is 0 Å². The van der Waals surface area contributed by atoms with Gasteiger partial charge in [-0.15, -0.1) is 0 Å². The quantitative estimate of drug-likeness (QED) is 0.719. The van der Waals surface area contributed by atoms with Crippen LogP contribution in [-0.4, -0.2) is 11.7 Å². The van der Waals surface area contributed by atoms with Crippen molar-refractivity contribution >= 4 is 6.08 Å². The first kappa shape index (κ1) is 8.87. The Morgan fingerprint density at radius 1 is 1.33 bits per heavy atom. The van der Waals surface area contributed by atoms with E-state index in [9.17, 15) is 8.78 Å². The molecule has 0 aromatic heterocycles. The fraction of sp³-hybridized carbons (Fsp3) is 0.111. The molecule has 0 heterocycles. The second-order valence-electron chi connectivity index (χ2n) is 2.25. The molecule has 1 aromatic rings. The van der Waals surface area contributed by atoms with Gasteiger partial charge in [-0.1, -0.05) is 12.2 Å². The van der Waals surface area contributed by atoms with Crippen LogP contribution in [0.4, 0.5) is 8.78 Å². The predicted molar refractivity (Wildman–Crippen MR) is 42.5 cm³/mol. The van der Waals surface area contributed by atoms with Gasteiger partial charge in [0.05, 0.1) is 6.61 Å². The van der Waals surface area contributed by atoms with Crippen LogP contribution >= 0.6 is 0 Å². The van der Waals surface area contributed by atoms with E-state index in [0.29, 0.717) is 0 Å². The minimum atomic E-state index is -0.625. The van der Waals surface area contributed by atoms with Crippen LogP contribution in [0, 0.1) is 11.6 Å². The number of rotatable bonds is 2. The van der Waals surface area contributed by atoms with Crippen molar-refractivity contribution in [1.82, 2.24) is 0 Å². The van der Waals surface area contributed by atoms with Gasteiger partial charge in [-0.3, -0.25) is 0 Å². The van der Waals surface area contributed by atoms with Gasteiger partial charge < -0.3 is 5.11 Å². The van der Waals surface area contributed by atoms with Crippen LogP contribution in [-0.2, 0) is 0 Å². The van der Waals surface area contributed by atoms with Crippen molar-refractivity contribution in [2.24, 2.45) is 0 Å². The van der Waals surface area contributed by atoms with Gasteiger partial charge >= 0.3 is 0 Å². The van der Waals surface area contributed by atoms with Crippen molar-refractivity contribution in [2.45, 2.75) is 0 Å². The molecule has 0 atom stereocenters. The lowest BCUT2D eigenvalue weighted by molar-refractivity contribution is 0.343. The van der Waals surface area contributed by atoms with Gasteiger partial charge in [0.2, 0.25) is 0 Å². The van der Waals surface area contributed by atoms with Crippen molar-refractivity contribution in [3.05, 3.63) is 41.5 Å². The zero-order valence-corrected chi connectivity index (χ0v) is 6.30. The van der Waals surface area contributed by atoms with Crippen LogP contribution in [0.15, 0.2) is 24.3 Å². The maximum atomic E-state index is 12.8. The van der Waals surface area contributed by atoms with Crippen molar-refractivity contribution < 1.29 is 13.9 Å². The summed E-state index contributed by atoms with van der Waals surface area (Å²) >= 11 is 0. The second kappa shape index (κ2) is 3.97. The fourth-order valence-corrected chi connectivity index (χ4v) is 0.816.